The number of hydrogen-bond acceptors (Lipinski definition) is 3. The second kappa shape index (κ2) is 8.14. The lowest BCUT2D eigenvalue weighted by molar-refractivity contribution is -0.120. The van der Waals surface area contributed by atoms with Crippen molar-refractivity contribution in [3.63, 3.8) is 0 Å². The fourth-order valence-corrected chi connectivity index (χ4v) is 4.85. The van der Waals surface area contributed by atoms with Gasteiger partial charge < -0.3 is 5.32 Å². The molecule has 1 heterocycles. The summed E-state index contributed by atoms with van der Waals surface area (Å²) in [7, 11) is -4.17. The molecule has 0 saturated carbocycles. The van der Waals surface area contributed by atoms with Crippen molar-refractivity contribution in [3.8, 4) is 0 Å². The molecule has 0 aromatic heterocycles. The maximum Gasteiger partial charge on any atom is 0.246 e. The number of nitrogens with one attached hydrogen (secondary N) is 1. The van der Waals surface area contributed by atoms with E-state index in [2.05, 4.69) is 5.32 Å². The van der Waals surface area contributed by atoms with Gasteiger partial charge in [0.05, 0.1) is 0 Å². The largest absolute Gasteiger partial charge is 0.326 e. The number of sulfonamides is 1. The van der Waals surface area contributed by atoms with E-state index in [1.807, 2.05) is 6.92 Å². The topological polar surface area (TPSA) is 66.5 Å². The molecule has 0 radical (unpaired) electrons. The Morgan fingerprint density at radius 1 is 1.14 bits per heavy atom. The van der Waals surface area contributed by atoms with E-state index in [0.29, 0.717) is 16.8 Å². The first-order valence-corrected chi connectivity index (χ1v) is 10.5. The zero-order valence-electron chi connectivity index (χ0n) is 15.1. The lowest BCUT2D eigenvalue weighted by Crippen LogP contribution is -2.41. The summed E-state index contributed by atoms with van der Waals surface area (Å²) in [6.45, 7) is 1.93. The Labute approximate surface area is 167 Å². The predicted octanol–water partition coefficient (Wildman–Crippen LogP) is 3.97. The summed E-state index contributed by atoms with van der Waals surface area (Å²) in [4.78, 5) is 11.8. The van der Waals surface area contributed by atoms with Crippen LogP contribution in [0.2, 0.25) is 5.02 Å². The summed E-state index contributed by atoms with van der Waals surface area (Å²) in [5.74, 6) is -2.44. The first kappa shape index (κ1) is 20.7. The van der Waals surface area contributed by atoms with E-state index in [1.54, 1.807) is 18.2 Å². The second-order valence-electron chi connectivity index (χ2n) is 6.70. The number of carbonyl (C=O) groups is 1. The molecule has 0 unspecified atom stereocenters. The van der Waals surface area contributed by atoms with Crippen LogP contribution in [0.5, 0.6) is 0 Å². The van der Waals surface area contributed by atoms with Crippen molar-refractivity contribution in [2.75, 3.05) is 18.4 Å². The highest BCUT2D eigenvalue weighted by Crippen LogP contribution is 2.27. The number of rotatable bonds is 4. The Hall–Kier alpha value is -2.03. The summed E-state index contributed by atoms with van der Waals surface area (Å²) >= 11 is 5.96. The van der Waals surface area contributed by atoms with Crippen LogP contribution >= 0.6 is 11.6 Å². The van der Waals surface area contributed by atoms with Gasteiger partial charge in [-0.25, -0.2) is 17.2 Å². The fourth-order valence-electron chi connectivity index (χ4n) is 3.14. The summed E-state index contributed by atoms with van der Waals surface area (Å²) < 4.78 is 53.6. The van der Waals surface area contributed by atoms with Crippen LogP contribution in [-0.4, -0.2) is 31.7 Å². The molecule has 2 aromatic carbocycles. The van der Waals surface area contributed by atoms with Gasteiger partial charge in [0.25, 0.3) is 0 Å². The summed E-state index contributed by atoms with van der Waals surface area (Å²) in [6, 6.07) is 7.49. The SMILES string of the molecule is Cc1ccc(Cl)cc1NC(=O)C1CCN(S(=O)(=O)c2cc(F)ccc2F)CC1. The number of hydrogen-bond donors (Lipinski definition) is 1. The van der Waals surface area contributed by atoms with E-state index < -0.39 is 26.6 Å². The van der Waals surface area contributed by atoms with E-state index in [-0.39, 0.29) is 37.8 Å². The van der Waals surface area contributed by atoms with Gasteiger partial charge in [0.2, 0.25) is 15.9 Å². The molecule has 2 aromatic rings. The quantitative estimate of drug-likeness (QED) is 0.801. The van der Waals surface area contributed by atoms with Gasteiger partial charge in [0.1, 0.15) is 16.5 Å². The lowest BCUT2D eigenvalue weighted by Gasteiger charge is -2.30. The maximum absolute atomic E-state index is 13.9. The normalized spacial score (nSPS) is 16.1. The minimum atomic E-state index is -4.17. The van der Waals surface area contributed by atoms with Crippen LogP contribution in [0.15, 0.2) is 41.3 Å². The van der Waals surface area contributed by atoms with Crippen LogP contribution in [0.25, 0.3) is 0 Å². The standard InChI is InChI=1S/C19H19ClF2N2O3S/c1-12-2-3-14(20)10-17(12)23-19(25)13-6-8-24(9-7-13)28(26,27)18-11-15(21)4-5-16(18)22/h2-5,10-11,13H,6-9H2,1H3,(H,23,25). The zero-order valence-corrected chi connectivity index (χ0v) is 16.7. The van der Waals surface area contributed by atoms with Crippen molar-refractivity contribution >= 4 is 33.2 Å². The molecule has 5 nitrogen and oxygen atoms in total. The number of piperidine rings is 1. The molecule has 1 saturated heterocycles. The third kappa shape index (κ3) is 4.34. The Morgan fingerprint density at radius 3 is 2.50 bits per heavy atom. The Balaban J connectivity index is 1.67. The number of benzene rings is 2. The first-order valence-electron chi connectivity index (χ1n) is 8.70. The molecule has 9 heteroatoms. The molecule has 1 amide bonds. The van der Waals surface area contributed by atoms with Gasteiger partial charge in [-0.2, -0.15) is 4.31 Å². The first-order chi connectivity index (χ1) is 13.2. The van der Waals surface area contributed by atoms with Crippen LogP contribution in [0.3, 0.4) is 0 Å². The maximum atomic E-state index is 13.9. The number of nitrogens with zero attached hydrogens (tertiary/aromatic N) is 1. The molecule has 150 valence electrons. The highest BCUT2D eigenvalue weighted by atomic mass is 35.5. The molecule has 28 heavy (non-hydrogen) atoms. The minimum Gasteiger partial charge on any atom is -0.326 e. The van der Waals surface area contributed by atoms with Gasteiger partial charge in [0.15, 0.2) is 0 Å². The van der Waals surface area contributed by atoms with Crippen molar-refractivity contribution in [1.29, 1.82) is 0 Å². The number of carbonyl (C=O) groups excluding carboxylic acids is 1. The lowest BCUT2D eigenvalue weighted by atomic mass is 9.97. The summed E-state index contributed by atoms with van der Waals surface area (Å²) in [5.41, 5.74) is 1.47. The molecule has 1 aliphatic heterocycles. The summed E-state index contributed by atoms with van der Waals surface area (Å²) in [6.07, 6.45) is 0.559. The molecule has 1 fully saturated rings. The molecular weight excluding hydrogens is 410 g/mol. The van der Waals surface area contributed by atoms with E-state index in [4.69, 9.17) is 11.6 Å². The molecule has 0 bridgehead atoms. The molecule has 0 spiro atoms. The third-order valence-corrected chi connectivity index (χ3v) is 6.94. The summed E-state index contributed by atoms with van der Waals surface area (Å²) in [5, 5.41) is 3.32. The average Bonchev–Trinajstić information content (AvgIpc) is 2.66. The van der Waals surface area contributed by atoms with E-state index >= 15 is 0 Å². The van der Waals surface area contributed by atoms with Gasteiger partial charge in [-0.1, -0.05) is 17.7 Å². The molecular formula is C19H19ClF2N2O3S. The van der Waals surface area contributed by atoms with Crippen LogP contribution < -0.4 is 5.32 Å². The average molecular weight is 429 g/mol. The van der Waals surface area contributed by atoms with E-state index in [1.165, 1.54) is 0 Å². The molecule has 0 aliphatic carbocycles. The monoisotopic (exact) mass is 428 g/mol. The van der Waals surface area contributed by atoms with Crippen molar-refractivity contribution in [3.05, 3.63) is 58.6 Å². The van der Waals surface area contributed by atoms with Gasteiger partial charge in [0, 0.05) is 29.7 Å². The highest BCUT2D eigenvalue weighted by Gasteiger charge is 2.33. The molecule has 1 aliphatic rings. The van der Waals surface area contributed by atoms with E-state index in [0.717, 1.165) is 22.0 Å². The predicted molar refractivity (Wildman–Crippen MR) is 103 cm³/mol. The van der Waals surface area contributed by atoms with Gasteiger partial charge in [-0.15, -0.1) is 0 Å². The van der Waals surface area contributed by atoms with E-state index in [9.17, 15) is 22.0 Å². The number of halogens is 3. The van der Waals surface area contributed by atoms with Crippen LogP contribution in [0, 0.1) is 24.5 Å². The van der Waals surface area contributed by atoms with Gasteiger partial charge in [-0.05, 0) is 55.7 Å². The van der Waals surface area contributed by atoms with Crippen molar-refractivity contribution in [1.82, 2.24) is 4.31 Å². The number of anilines is 1. The Kier molecular flexibility index (Phi) is 6.02. The van der Waals surface area contributed by atoms with Crippen LogP contribution in [0.1, 0.15) is 18.4 Å². The minimum absolute atomic E-state index is 0.0465. The van der Waals surface area contributed by atoms with Gasteiger partial charge >= 0.3 is 0 Å². The molecule has 0 atom stereocenters. The van der Waals surface area contributed by atoms with Crippen molar-refractivity contribution in [2.45, 2.75) is 24.7 Å². The number of amides is 1. The van der Waals surface area contributed by atoms with Crippen LogP contribution in [-0.2, 0) is 14.8 Å². The Morgan fingerprint density at radius 2 is 1.82 bits per heavy atom. The van der Waals surface area contributed by atoms with Crippen molar-refractivity contribution < 1.29 is 22.0 Å². The zero-order chi connectivity index (χ0) is 20.5. The second-order valence-corrected chi connectivity index (χ2v) is 9.04. The van der Waals surface area contributed by atoms with Crippen molar-refractivity contribution in [2.24, 2.45) is 5.92 Å². The third-order valence-electron chi connectivity index (χ3n) is 4.79. The fraction of sp³-hybridized carbons (Fsp3) is 0.316. The van der Waals surface area contributed by atoms with Crippen LogP contribution in [0.4, 0.5) is 14.5 Å². The highest BCUT2D eigenvalue weighted by molar-refractivity contribution is 7.89. The van der Waals surface area contributed by atoms with Gasteiger partial charge in [-0.3, -0.25) is 4.79 Å². The molecule has 3 rings (SSSR count). The smallest absolute Gasteiger partial charge is 0.246 e. The molecule has 1 N–H and O–H groups in total. The Bertz CT molecular complexity index is 1010. The number of aryl methyl sites for hydroxylation is 1.